The fraction of sp³-hybridized carbons (Fsp3) is 0.500. The van der Waals surface area contributed by atoms with Gasteiger partial charge in [0, 0.05) is 25.4 Å². The van der Waals surface area contributed by atoms with Crippen LogP contribution in [0.15, 0.2) is 24.3 Å². The van der Waals surface area contributed by atoms with Gasteiger partial charge in [0.05, 0.1) is 6.61 Å². The third-order valence-electron chi connectivity index (χ3n) is 3.32. The highest BCUT2D eigenvalue weighted by atomic mass is 32.1. The highest BCUT2D eigenvalue weighted by molar-refractivity contribution is 7.80. The van der Waals surface area contributed by atoms with E-state index < -0.39 is 0 Å². The molecule has 3 nitrogen and oxygen atoms in total. The Hall–Kier alpha value is -1.13. The number of para-hydroxylation sites is 1. The zero-order valence-electron chi connectivity index (χ0n) is 11.0. The maximum Gasteiger partial charge on any atom is 0.173 e. The van der Waals surface area contributed by atoms with Gasteiger partial charge in [-0.25, -0.2) is 0 Å². The minimum Gasteiger partial charge on any atom is -0.383 e. The van der Waals surface area contributed by atoms with Gasteiger partial charge in [-0.3, -0.25) is 0 Å². The summed E-state index contributed by atoms with van der Waals surface area (Å²) in [5.74, 6) is 0. The van der Waals surface area contributed by atoms with E-state index in [2.05, 4.69) is 41.4 Å². The number of hydrogen-bond donors (Lipinski definition) is 1. The molecule has 1 aliphatic rings. The van der Waals surface area contributed by atoms with Crippen molar-refractivity contribution in [3.8, 4) is 0 Å². The van der Waals surface area contributed by atoms with E-state index in [9.17, 15) is 0 Å². The van der Waals surface area contributed by atoms with Crippen molar-refractivity contribution in [1.29, 1.82) is 0 Å². The number of hydrogen-bond acceptors (Lipinski definition) is 2. The van der Waals surface area contributed by atoms with Crippen LogP contribution < -0.4 is 10.2 Å². The number of benzene rings is 1. The molecule has 1 aromatic carbocycles. The van der Waals surface area contributed by atoms with Gasteiger partial charge in [-0.15, -0.1) is 0 Å². The van der Waals surface area contributed by atoms with Gasteiger partial charge in [-0.2, -0.15) is 0 Å². The van der Waals surface area contributed by atoms with Gasteiger partial charge in [0.1, 0.15) is 0 Å². The van der Waals surface area contributed by atoms with E-state index in [0.717, 1.165) is 24.5 Å². The van der Waals surface area contributed by atoms with Crippen LogP contribution in [0, 0.1) is 0 Å². The Kier molecular flexibility index (Phi) is 4.55. The first-order valence-corrected chi connectivity index (χ1v) is 6.78. The van der Waals surface area contributed by atoms with E-state index in [0.29, 0.717) is 12.6 Å². The summed E-state index contributed by atoms with van der Waals surface area (Å²) in [4.78, 5) is 2.23. The molecular weight excluding hydrogens is 244 g/mol. The number of nitrogens with one attached hydrogen (secondary N) is 1. The molecule has 0 spiro atoms. The van der Waals surface area contributed by atoms with Crippen LogP contribution in [-0.2, 0) is 11.2 Å². The first-order valence-electron chi connectivity index (χ1n) is 6.38. The molecule has 1 aromatic rings. The van der Waals surface area contributed by atoms with Crippen molar-refractivity contribution in [2.24, 2.45) is 0 Å². The fourth-order valence-corrected chi connectivity index (χ4v) is 2.72. The number of methoxy groups -OCH3 is 1. The molecule has 0 aliphatic carbocycles. The van der Waals surface area contributed by atoms with Crippen molar-refractivity contribution in [2.45, 2.75) is 25.8 Å². The first kappa shape index (κ1) is 13.3. The van der Waals surface area contributed by atoms with Crippen molar-refractivity contribution < 1.29 is 4.74 Å². The van der Waals surface area contributed by atoms with Gasteiger partial charge in [-0.05, 0) is 43.6 Å². The smallest absolute Gasteiger partial charge is 0.173 e. The lowest BCUT2D eigenvalue weighted by Gasteiger charge is -2.37. The van der Waals surface area contributed by atoms with Gasteiger partial charge in [0.25, 0.3) is 0 Å². The van der Waals surface area contributed by atoms with Gasteiger partial charge in [-0.1, -0.05) is 18.2 Å². The number of thiocarbonyl (C=S) groups is 1. The summed E-state index contributed by atoms with van der Waals surface area (Å²) in [6, 6.07) is 8.94. The molecule has 4 heteroatoms. The Morgan fingerprint density at radius 1 is 1.50 bits per heavy atom. The van der Waals surface area contributed by atoms with Gasteiger partial charge >= 0.3 is 0 Å². The molecule has 0 fully saturated rings. The number of anilines is 1. The molecule has 1 aliphatic heterocycles. The average molecular weight is 264 g/mol. The summed E-state index contributed by atoms with van der Waals surface area (Å²) in [5.41, 5.74) is 2.62. The minimum absolute atomic E-state index is 0.447. The second-order valence-corrected chi connectivity index (χ2v) is 5.00. The van der Waals surface area contributed by atoms with E-state index in [4.69, 9.17) is 17.0 Å². The summed E-state index contributed by atoms with van der Waals surface area (Å²) in [6.07, 6.45) is 2.28. The summed E-state index contributed by atoms with van der Waals surface area (Å²) in [6.45, 7) is 3.64. The van der Waals surface area contributed by atoms with Crippen LogP contribution in [0.25, 0.3) is 0 Å². The number of aryl methyl sites for hydroxylation is 1. The van der Waals surface area contributed by atoms with Crippen LogP contribution in [0.5, 0.6) is 0 Å². The van der Waals surface area contributed by atoms with E-state index in [1.54, 1.807) is 7.11 Å². The summed E-state index contributed by atoms with van der Waals surface area (Å²) >= 11 is 5.50. The van der Waals surface area contributed by atoms with Crippen LogP contribution in [-0.4, -0.2) is 31.4 Å². The molecule has 2 rings (SSSR count). The van der Waals surface area contributed by atoms with E-state index in [1.165, 1.54) is 11.3 Å². The quantitative estimate of drug-likeness (QED) is 0.669. The molecule has 0 bridgehead atoms. The minimum atomic E-state index is 0.447. The topological polar surface area (TPSA) is 24.5 Å². The molecule has 0 unspecified atom stereocenters. The highest BCUT2D eigenvalue weighted by Gasteiger charge is 2.25. The second kappa shape index (κ2) is 6.16. The lowest BCUT2D eigenvalue weighted by atomic mass is 9.97. The van der Waals surface area contributed by atoms with Crippen molar-refractivity contribution in [3.63, 3.8) is 0 Å². The van der Waals surface area contributed by atoms with Crippen molar-refractivity contribution in [3.05, 3.63) is 29.8 Å². The molecule has 0 amide bonds. The average Bonchev–Trinajstić information content (AvgIpc) is 2.38. The first-order chi connectivity index (χ1) is 8.74. The normalized spacial score (nSPS) is 18.3. The summed E-state index contributed by atoms with van der Waals surface area (Å²) < 4.78 is 5.04. The maximum atomic E-state index is 5.50. The van der Waals surface area contributed by atoms with Crippen LogP contribution in [0.2, 0.25) is 0 Å². The predicted molar refractivity (Wildman–Crippen MR) is 79.2 cm³/mol. The second-order valence-electron chi connectivity index (χ2n) is 4.61. The van der Waals surface area contributed by atoms with Gasteiger partial charge in [0.15, 0.2) is 5.11 Å². The third-order valence-corrected chi connectivity index (χ3v) is 3.67. The standard InChI is InChI=1S/C14H20N2OS/c1-11-7-8-12-5-3-4-6-13(12)16(11)14(18)15-9-10-17-2/h3-6,11H,7-10H2,1-2H3,(H,15,18)/t11-/m1/s1. The molecule has 0 aromatic heterocycles. The number of fused-ring (bicyclic) bond motifs is 1. The Labute approximate surface area is 114 Å². The molecule has 18 heavy (non-hydrogen) atoms. The van der Waals surface area contributed by atoms with Crippen molar-refractivity contribution >= 4 is 23.0 Å². The number of nitrogens with zero attached hydrogens (tertiary/aromatic N) is 1. The number of ether oxygens (including phenoxy) is 1. The number of rotatable bonds is 3. The third kappa shape index (κ3) is 2.82. The Morgan fingerprint density at radius 3 is 3.06 bits per heavy atom. The Balaban J connectivity index is 2.13. The van der Waals surface area contributed by atoms with Crippen molar-refractivity contribution in [1.82, 2.24) is 5.32 Å². The highest BCUT2D eigenvalue weighted by Crippen LogP contribution is 2.30. The van der Waals surface area contributed by atoms with Crippen molar-refractivity contribution in [2.75, 3.05) is 25.2 Å². The lowest BCUT2D eigenvalue weighted by Crippen LogP contribution is -2.48. The molecule has 98 valence electrons. The molecule has 1 N–H and O–H groups in total. The molecule has 0 radical (unpaired) electrons. The molecule has 0 saturated heterocycles. The molecule has 1 heterocycles. The zero-order chi connectivity index (χ0) is 13.0. The Morgan fingerprint density at radius 2 is 2.28 bits per heavy atom. The zero-order valence-corrected chi connectivity index (χ0v) is 11.8. The largest absolute Gasteiger partial charge is 0.383 e. The Bertz CT molecular complexity index is 422. The SMILES string of the molecule is COCCNC(=S)N1c2ccccc2CC[C@H]1C. The van der Waals surface area contributed by atoms with Gasteiger partial charge < -0.3 is 15.0 Å². The molecule has 1 atom stereocenters. The fourth-order valence-electron chi connectivity index (χ4n) is 2.34. The van der Waals surface area contributed by atoms with E-state index in [1.807, 2.05) is 0 Å². The molecule has 0 saturated carbocycles. The molecular formula is C14H20N2OS. The van der Waals surface area contributed by atoms with Gasteiger partial charge in [0.2, 0.25) is 0 Å². The van der Waals surface area contributed by atoms with Crippen LogP contribution >= 0.6 is 12.2 Å². The summed E-state index contributed by atoms with van der Waals surface area (Å²) in [5, 5.41) is 4.05. The maximum absolute atomic E-state index is 5.50. The van der Waals surface area contributed by atoms with Crippen LogP contribution in [0.3, 0.4) is 0 Å². The van der Waals surface area contributed by atoms with Crippen LogP contribution in [0.4, 0.5) is 5.69 Å². The monoisotopic (exact) mass is 264 g/mol. The van der Waals surface area contributed by atoms with Crippen LogP contribution in [0.1, 0.15) is 18.9 Å². The summed E-state index contributed by atoms with van der Waals surface area (Å²) in [7, 11) is 1.70. The van der Waals surface area contributed by atoms with E-state index >= 15 is 0 Å². The lowest BCUT2D eigenvalue weighted by molar-refractivity contribution is 0.204. The predicted octanol–water partition coefficient (Wildman–Crippen LogP) is 2.35. The van der Waals surface area contributed by atoms with E-state index in [-0.39, 0.29) is 0 Å².